The van der Waals surface area contributed by atoms with E-state index in [1.807, 2.05) is 13.8 Å². The van der Waals surface area contributed by atoms with Gasteiger partial charge in [0.05, 0.1) is 0 Å². The largest absolute Gasteiger partial charge is 0.356 e. The van der Waals surface area contributed by atoms with E-state index in [4.69, 9.17) is 0 Å². The zero-order valence-electron chi connectivity index (χ0n) is 13.4. The summed E-state index contributed by atoms with van der Waals surface area (Å²) in [6.07, 6.45) is 5.81. The minimum Gasteiger partial charge on any atom is -0.356 e. The first-order chi connectivity index (χ1) is 10.1. The molecule has 0 radical (unpaired) electrons. The van der Waals surface area contributed by atoms with Crippen molar-refractivity contribution < 1.29 is 9.59 Å². The number of nitrogens with one attached hydrogen (secondary N) is 2. The lowest BCUT2D eigenvalue weighted by atomic mass is 9.89. The van der Waals surface area contributed by atoms with Crippen LogP contribution in [-0.2, 0) is 9.59 Å². The van der Waals surface area contributed by atoms with Gasteiger partial charge in [0, 0.05) is 44.6 Å². The Bertz CT molecular complexity index is 357. The van der Waals surface area contributed by atoms with E-state index in [1.54, 1.807) is 4.90 Å². The smallest absolute Gasteiger partial charge is 0.224 e. The van der Waals surface area contributed by atoms with Crippen LogP contribution in [-0.4, -0.2) is 48.4 Å². The Balaban J connectivity index is 1.62. The van der Waals surface area contributed by atoms with Gasteiger partial charge in [-0.15, -0.1) is 0 Å². The molecule has 5 nitrogen and oxygen atoms in total. The Kier molecular flexibility index (Phi) is 6.03. The average molecular weight is 295 g/mol. The van der Waals surface area contributed by atoms with Crippen molar-refractivity contribution in [1.82, 2.24) is 15.5 Å². The first-order valence-electron chi connectivity index (χ1n) is 8.42. The highest BCUT2D eigenvalue weighted by Crippen LogP contribution is 2.32. The minimum absolute atomic E-state index is 0.105. The summed E-state index contributed by atoms with van der Waals surface area (Å²) in [6, 6.07) is 1.26. The molecule has 0 aromatic rings. The van der Waals surface area contributed by atoms with Crippen LogP contribution in [0.25, 0.3) is 0 Å². The highest BCUT2D eigenvalue weighted by atomic mass is 16.2. The second-order valence-corrected chi connectivity index (χ2v) is 6.35. The number of hydrogen-bond donors (Lipinski definition) is 2. The van der Waals surface area contributed by atoms with E-state index in [-0.39, 0.29) is 11.8 Å². The first kappa shape index (κ1) is 16.3. The topological polar surface area (TPSA) is 61.4 Å². The summed E-state index contributed by atoms with van der Waals surface area (Å²) >= 11 is 0. The fraction of sp³-hybridized carbons (Fsp3) is 0.875. The van der Waals surface area contributed by atoms with Crippen LogP contribution in [0.1, 0.15) is 52.4 Å². The molecule has 21 heavy (non-hydrogen) atoms. The van der Waals surface area contributed by atoms with Crippen molar-refractivity contribution in [1.29, 1.82) is 0 Å². The number of rotatable bonds is 7. The van der Waals surface area contributed by atoms with Crippen LogP contribution in [0.3, 0.4) is 0 Å². The maximum atomic E-state index is 12.0. The van der Waals surface area contributed by atoms with E-state index in [0.717, 1.165) is 25.9 Å². The summed E-state index contributed by atoms with van der Waals surface area (Å²) < 4.78 is 0. The maximum absolute atomic E-state index is 12.0. The second kappa shape index (κ2) is 7.78. The maximum Gasteiger partial charge on any atom is 0.224 e. The summed E-state index contributed by atoms with van der Waals surface area (Å²) in [4.78, 5) is 25.6. The molecule has 2 saturated heterocycles. The van der Waals surface area contributed by atoms with Crippen LogP contribution in [0.4, 0.5) is 0 Å². The molecule has 2 aliphatic rings. The fourth-order valence-electron chi connectivity index (χ4n) is 3.72. The predicted molar refractivity (Wildman–Crippen MR) is 82.8 cm³/mol. The number of amides is 2. The monoisotopic (exact) mass is 295 g/mol. The van der Waals surface area contributed by atoms with Gasteiger partial charge >= 0.3 is 0 Å². The van der Waals surface area contributed by atoms with Crippen LogP contribution < -0.4 is 10.6 Å². The third-order valence-electron chi connectivity index (χ3n) is 4.82. The number of hydrogen-bond acceptors (Lipinski definition) is 3. The van der Waals surface area contributed by atoms with Gasteiger partial charge in [0.25, 0.3) is 0 Å². The average Bonchev–Trinajstić information content (AvgIpc) is 2.79. The molecule has 0 aliphatic carbocycles. The lowest BCUT2D eigenvalue weighted by Crippen LogP contribution is -2.40. The van der Waals surface area contributed by atoms with Gasteiger partial charge in [0.15, 0.2) is 0 Å². The fourth-order valence-corrected chi connectivity index (χ4v) is 3.72. The zero-order valence-corrected chi connectivity index (χ0v) is 13.4. The van der Waals surface area contributed by atoms with Gasteiger partial charge in [-0.2, -0.15) is 0 Å². The molecule has 2 N–H and O–H groups in total. The Hall–Kier alpha value is -1.10. The molecule has 2 amide bonds. The molecule has 120 valence electrons. The summed E-state index contributed by atoms with van der Waals surface area (Å²) in [5, 5.41) is 6.50. The van der Waals surface area contributed by atoms with Gasteiger partial charge in [0.2, 0.25) is 11.8 Å². The van der Waals surface area contributed by atoms with Crippen molar-refractivity contribution in [3.8, 4) is 0 Å². The molecule has 0 aromatic carbocycles. The Morgan fingerprint density at radius 1 is 1.14 bits per heavy atom. The number of carbonyl (C=O) groups excluding carboxylic acids is 2. The molecule has 2 heterocycles. The van der Waals surface area contributed by atoms with E-state index >= 15 is 0 Å². The third-order valence-corrected chi connectivity index (χ3v) is 4.82. The van der Waals surface area contributed by atoms with Crippen molar-refractivity contribution in [3.63, 3.8) is 0 Å². The molecule has 2 bridgehead atoms. The Labute approximate surface area is 127 Å². The van der Waals surface area contributed by atoms with Gasteiger partial charge in [-0.3, -0.25) is 9.59 Å². The number of fused-ring (bicyclic) bond motifs is 2. The highest BCUT2D eigenvalue weighted by Gasteiger charge is 2.34. The molecule has 2 rings (SSSR count). The molecule has 0 aromatic heterocycles. The number of piperidine rings is 1. The van der Waals surface area contributed by atoms with E-state index in [9.17, 15) is 9.59 Å². The van der Waals surface area contributed by atoms with Crippen LogP contribution in [0.15, 0.2) is 0 Å². The SMILES string of the molecule is CCN(CC)C(=O)CCNC(=O)CC1CC2CCC(C1)N2. The Morgan fingerprint density at radius 2 is 1.76 bits per heavy atom. The molecule has 2 aliphatic heterocycles. The molecule has 2 fully saturated rings. The standard InChI is InChI=1S/C16H29N3O2/c1-3-19(4-2)16(21)7-8-17-15(20)11-12-9-13-5-6-14(10-12)18-13/h12-14,18H,3-11H2,1-2H3,(H,17,20). The summed E-state index contributed by atoms with van der Waals surface area (Å²) in [5.74, 6) is 0.746. The minimum atomic E-state index is 0.105. The molecular formula is C16H29N3O2. The van der Waals surface area contributed by atoms with Crippen molar-refractivity contribution in [2.45, 2.75) is 64.5 Å². The van der Waals surface area contributed by atoms with Crippen LogP contribution in [0.5, 0.6) is 0 Å². The zero-order chi connectivity index (χ0) is 15.2. The van der Waals surface area contributed by atoms with Crippen LogP contribution in [0.2, 0.25) is 0 Å². The van der Waals surface area contributed by atoms with Gasteiger partial charge in [-0.05, 0) is 45.4 Å². The molecular weight excluding hydrogens is 266 g/mol. The van der Waals surface area contributed by atoms with E-state index in [0.29, 0.717) is 37.4 Å². The van der Waals surface area contributed by atoms with E-state index in [2.05, 4.69) is 10.6 Å². The van der Waals surface area contributed by atoms with Gasteiger partial charge in [-0.1, -0.05) is 0 Å². The predicted octanol–water partition coefficient (Wildman–Crippen LogP) is 1.28. The van der Waals surface area contributed by atoms with E-state index in [1.165, 1.54) is 12.8 Å². The Morgan fingerprint density at radius 3 is 2.33 bits per heavy atom. The van der Waals surface area contributed by atoms with Crippen molar-refractivity contribution in [2.24, 2.45) is 5.92 Å². The molecule has 5 heteroatoms. The molecule has 2 unspecified atom stereocenters. The van der Waals surface area contributed by atoms with Crippen molar-refractivity contribution in [2.75, 3.05) is 19.6 Å². The lowest BCUT2D eigenvalue weighted by molar-refractivity contribution is -0.130. The highest BCUT2D eigenvalue weighted by molar-refractivity contribution is 5.79. The second-order valence-electron chi connectivity index (χ2n) is 6.35. The summed E-state index contributed by atoms with van der Waals surface area (Å²) in [6.45, 7) is 5.89. The quantitative estimate of drug-likeness (QED) is 0.744. The molecule has 2 atom stereocenters. The normalized spacial score (nSPS) is 27.4. The first-order valence-corrected chi connectivity index (χ1v) is 8.42. The number of carbonyl (C=O) groups is 2. The summed E-state index contributed by atoms with van der Waals surface area (Å²) in [7, 11) is 0. The molecule has 0 spiro atoms. The summed E-state index contributed by atoms with van der Waals surface area (Å²) in [5.41, 5.74) is 0. The third kappa shape index (κ3) is 4.70. The van der Waals surface area contributed by atoms with E-state index < -0.39 is 0 Å². The lowest BCUT2D eigenvalue weighted by Gasteiger charge is -2.28. The van der Waals surface area contributed by atoms with Crippen LogP contribution >= 0.6 is 0 Å². The van der Waals surface area contributed by atoms with Gasteiger partial charge in [0.1, 0.15) is 0 Å². The van der Waals surface area contributed by atoms with Crippen molar-refractivity contribution >= 4 is 11.8 Å². The van der Waals surface area contributed by atoms with Crippen molar-refractivity contribution in [3.05, 3.63) is 0 Å². The molecule has 0 saturated carbocycles. The van der Waals surface area contributed by atoms with Gasteiger partial charge in [-0.25, -0.2) is 0 Å². The number of nitrogens with zero attached hydrogens (tertiary/aromatic N) is 1. The van der Waals surface area contributed by atoms with Gasteiger partial charge < -0.3 is 15.5 Å². The van der Waals surface area contributed by atoms with Crippen LogP contribution in [0, 0.1) is 5.92 Å².